The summed E-state index contributed by atoms with van der Waals surface area (Å²) in [6.07, 6.45) is 0. The fourth-order valence-electron chi connectivity index (χ4n) is 1.09. The minimum absolute atomic E-state index is 0.480. The number of aryl methyl sites for hydroxylation is 2. The van der Waals surface area contributed by atoms with Gasteiger partial charge >= 0.3 is 6.92 Å². The van der Waals surface area contributed by atoms with Crippen molar-refractivity contribution in [3.05, 3.63) is 11.5 Å². The van der Waals surface area contributed by atoms with E-state index in [9.17, 15) is 5.02 Å². The van der Waals surface area contributed by atoms with E-state index >= 15 is 0 Å². The molecule has 0 aliphatic heterocycles. The molecule has 1 heterocycles. The van der Waals surface area contributed by atoms with Gasteiger partial charge in [0.25, 0.3) is 0 Å². The molecule has 3 nitrogen and oxygen atoms in total. The highest BCUT2D eigenvalue weighted by molar-refractivity contribution is 6.65. The second-order valence-corrected chi connectivity index (χ2v) is 2.41. The Kier molecular flexibility index (Phi) is 1.81. The molecule has 0 unspecified atom stereocenters. The van der Waals surface area contributed by atoms with Crippen LogP contribution < -0.4 is 5.46 Å². The second kappa shape index (κ2) is 2.46. The highest BCUT2D eigenvalue weighted by Gasteiger charge is 2.16. The van der Waals surface area contributed by atoms with Crippen LogP contribution in [0, 0.1) is 13.8 Å². The summed E-state index contributed by atoms with van der Waals surface area (Å²) in [5.74, 6) is 0.701. The first-order valence-corrected chi connectivity index (χ1v) is 3.23. The van der Waals surface area contributed by atoms with Gasteiger partial charge in [0.05, 0.1) is 5.69 Å². The summed E-state index contributed by atoms with van der Waals surface area (Å²) < 4.78 is 4.85. The van der Waals surface area contributed by atoms with Crippen molar-refractivity contribution in [2.24, 2.45) is 0 Å². The number of aromatic nitrogens is 1. The molecule has 0 fully saturated rings. The molecule has 0 saturated heterocycles. The van der Waals surface area contributed by atoms with Gasteiger partial charge in [-0.3, -0.25) is 0 Å². The zero-order valence-corrected chi connectivity index (χ0v) is 6.38. The van der Waals surface area contributed by atoms with Crippen LogP contribution in [-0.2, 0) is 0 Å². The lowest BCUT2D eigenvalue weighted by molar-refractivity contribution is 0.394. The lowest BCUT2D eigenvalue weighted by atomic mass is 9.63. The highest BCUT2D eigenvalue weighted by atomic mass is 16.5. The molecule has 0 bridgehead atoms. The predicted octanol–water partition coefficient (Wildman–Crippen LogP) is 0.112. The van der Waals surface area contributed by atoms with Crippen molar-refractivity contribution >= 4 is 12.4 Å². The van der Waals surface area contributed by atoms with Crippen molar-refractivity contribution in [2.45, 2.75) is 20.7 Å². The van der Waals surface area contributed by atoms with Gasteiger partial charge in [-0.05, 0) is 13.8 Å². The lowest BCUT2D eigenvalue weighted by Gasteiger charge is -1.95. The van der Waals surface area contributed by atoms with Gasteiger partial charge in [-0.2, -0.15) is 0 Å². The van der Waals surface area contributed by atoms with Gasteiger partial charge in [0.1, 0.15) is 5.76 Å². The fourth-order valence-corrected chi connectivity index (χ4v) is 1.09. The third-order valence-corrected chi connectivity index (χ3v) is 1.51. The quantitative estimate of drug-likeness (QED) is 0.561. The van der Waals surface area contributed by atoms with E-state index in [0.717, 1.165) is 11.2 Å². The maximum Gasteiger partial charge on any atom is 0.326 e. The average molecular weight is 139 g/mol. The minimum atomic E-state index is -0.480. The molecule has 54 valence electrons. The summed E-state index contributed by atoms with van der Waals surface area (Å²) >= 11 is 0. The Balaban J connectivity index is 3.10. The van der Waals surface area contributed by atoms with Gasteiger partial charge in [-0.15, -0.1) is 0 Å². The molecule has 0 aliphatic carbocycles. The minimum Gasteiger partial charge on any atom is -0.446 e. The molecule has 0 spiro atoms. The van der Waals surface area contributed by atoms with E-state index < -0.39 is 6.92 Å². The monoisotopic (exact) mass is 139 g/mol. The van der Waals surface area contributed by atoms with Gasteiger partial charge in [0.15, 0.2) is 0 Å². The summed E-state index contributed by atoms with van der Waals surface area (Å²) in [7, 11) is 0. The molecule has 0 aliphatic rings. The van der Waals surface area contributed by atoms with Crippen LogP contribution in [0.5, 0.6) is 0 Å². The van der Waals surface area contributed by atoms with Crippen LogP contribution in [-0.4, -0.2) is 17.1 Å². The predicted molar refractivity (Wildman–Crippen MR) is 39.4 cm³/mol. The van der Waals surface area contributed by atoms with Gasteiger partial charge in [0, 0.05) is 5.46 Å². The Morgan fingerprint density at radius 2 is 2.10 bits per heavy atom. The van der Waals surface area contributed by atoms with E-state index in [4.69, 9.17) is 4.52 Å². The highest BCUT2D eigenvalue weighted by Crippen LogP contribution is 1.98. The van der Waals surface area contributed by atoms with Crippen molar-refractivity contribution in [3.8, 4) is 0 Å². The van der Waals surface area contributed by atoms with Crippen molar-refractivity contribution in [2.75, 3.05) is 0 Å². The molecule has 1 aromatic rings. The normalized spacial score (nSPS) is 10.0. The molecule has 1 N–H and O–H groups in total. The molecule has 0 atom stereocenters. The smallest absolute Gasteiger partial charge is 0.326 e. The Bertz CT molecular complexity index is 212. The van der Waals surface area contributed by atoms with Crippen LogP contribution >= 0.6 is 0 Å². The zero-order valence-electron chi connectivity index (χ0n) is 6.38. The Morgan fingerprint density at radius 3 is 2.30 bits per heavy atom. The Morgan fingerprint density at radius 1 is 1.50 bits per heavy atom. The van der Waals surface area contributed by atoms with Crippen LogP contribution in [0.3, 0.4) is 0 Å². The van der Waals surface area contributed by atoms with Gasteiger partial charge in [-0.1, -0.05) is 12.0 Å². The van der Waals surface area contributed by atoms with Gasteiger partial charge in [0.2, 0.25) is 0 Å². The van der Waals surface area contributed by atoms with E-state index in [1.54, 1.807) is 13.7 Å². The third-order valence-electron chi connectivity index (χ3n) is 1.51. The van der Waals surface area contributed by atoms with E-state index in [1.165, 1.54) is 0 Å². The van der Waals surface area contributed by atoms with Crippen molar-refractivity contribution in [1.82, 2.24) is 5.16 Å². The Hall–Kier alpha value is -0.765. The number of hydrogen-bond acceptors (Lipinski definition) is 3. The van der Waals surface area contributed by atoms with Gasteiger partial charge < -0.3 is 9.55 Å². The summed E-state index contributed by atoms with van der Waals surface area (Å²) in [4.78, 5) is 0. The summed E-state index contributed by atoms with van der Waals surface area (Å²) in [5.41, 5.74) is 1.58. The maximum atomic E-state index is 9.17. The van der Waals surface area contributed by atoms with Crippen LogP contribution in [0.4, 0.5) is 0 Å². The van der Waals surface area contributed by atoms with E-state index in [-0.39, 0.29) is 0 Å². The van der Waals surface area contributed by atoms with E-state index in [2.05, 4.69) is 5.16 Å². The molecule has 1 rings (SSSR count). The van der Waals surface area contributed by atoms with E-state index in [1.807, 2.05) is 6.92 Å². The molecule has 0 aromatic carbocycles. The number of hydrogen-bond donors (Lipinski definition) is 1. The Labute approximate surface area is 60.1 Å². The molecule has 0 amide bonds. The molecule has 0 saturated carbocycles. The fraction of sp³-hybridized carbons (Fsp3) is 0.500. The third kappa shape index (κ3) is 1.07. The maximum absolute atomic E-state index is 9.17. The van der Waals surface area contributed by atoms with Crippen LogP contribution in [0.15, 0.2) is 4.52 Å². The van der Waals surface area contributed by atoms with E-state index in [0.29, 0.717) is 5.76 Å². The molecular formula is C6H10BNO2. The molecular weight excluding hydrogens is 129 g/mol. The van der Waals surface area contributed by atoms with Crippen LogP contribution in [0.25, 0.3) is 0 Å². The van der Waals surface area contributed by atoms with Crippen LogP contribution in [0.2, 0.25) is 6.82 Å². The van der Waals surface area contributed by atoms with Gasteiger partial charge in [-0.25, -0.2) is 0 Å². The molecule has 10 heavy (non-hydrogen) atoms. The molecule has 1 aromatic heterocycles. The number of nitrogens with zero attached hydrogens (tertiary/aromatic N) is 1. The first kappa shape index (κ1) is 7.34. The second-order valence-electron chi connectivity index (χ2n) is 2.41. The molecule has 4 heteroatoms. The largest absolute Gasteiger partial charge is 0.446 e. The average Bonchev–Trinajstić information content (AvgIpc) is 2.11. The zero-order chi connectivity index (χ0) is 7.72. The topological polar surface area (TPSA) is 46.3 Å². The van der Waals surface area contributed by atoms with Crippen molar-refractivity contribution in [3.63, 3.8) is 0 Å². The van der Waals surface area contributed by atoms with Crippen LogP contribution in [0.1, 0.15) is 11.5 Å². The number of rotatable bonds is 1. The first-order valence-electron chi connectivity index (χ1n) is 3.23. The lowest BCUT2D eigenvalue weighted by Crippen LogP contribution is -2.29. The van der Waals surface area contributed by atoms with Crippen molar-refractivity contribution < 1.29 is 9.55 Å². The summed E-state index contributed by atoms with van der Waals surface area (Å²) in [5, 5.41) is 12.9. The molecule has 0 radical (unpaired) electrons. The standard InChI is InChI=1S/C6H10BNO2/c1-4-6(7(3)9)5(2)10-8-4/h9H,1-3H3. The summed E-state index contributed by atoms with van der Waals surface area (Å²) in [6, 6.07) is 0. The summed E-state index contributed by atoms with van der Waals surface area (Å²) in [6.45, 7) is 4.83. The van der Waals surface area contributed by atoms with Crippen molar-refractivity contribution in [1.29, 1.82) is 0 Å². The SMILES string of the molecule is CB(O)c1c(C)noc1C. The first-order chi connectivity index (χ1) is 4.63.